The van der Waals surface area contributed by atoms with Gasteiger partial charge in [-0.3, -0.25) is 4.68 Å². The SMILES string of the molecule is Cn1cnc(CCn2c(=S)[nH]c3cc(I)ccc32)n1. The van der Waals surface area contributed by atoms with Crippen molar-refractivity contribution in [2.45, 2.75) is 13.0 Å². The van der Waals surface area contributed by atoms with Crippen LogP contribution in [0.3, 0.4) is 0 Å². The van der Waals surface area contributed by atoms with Gasteiger partial charge in [-0.15, -0.1) is 0 Å². The molecule has 0 amide bonds. The second-order valence-corrected chi connectivity index (χ2v) is 5.96. The maximum Gasteiger partial charge on any atom is 0.178 e. The van der Waals surface area contributed by atoms with Gasteiger partial charge in [-0.25, -0.2) is 4.98 Å². The average Bonchev–Trinajstić information content (AvgIpc) is 2.89. The number of rotatable bonds is 3. The Balaban J connectivity index is 1.92. The van der Waals surface area contributed by atoms with Gasteiger partial charge < -0.3 is 9.55 Å². The van der Waals surface area contributed by atoms with Gasteiger partial charge in [0.25, 0.3) is 0 Å². The molecule has 0 fully saturated rings. The van der Waals surface area contributed by atoms with Crippen LogP contribution in [-0.2, 0) is 20.0 Å². The first-order valence-corrected chi connectivity index (χ1v) is 7.35. The molecule has 1 aromatic carbocycles. The number of hydrogen-bond acceptors (Lipinski definition) is 3. The topological polar surface area (TPSA) is 51.4 Å². The molecule has 0 saturated carbocycles. The van der Waals surface area contributed by atoms with E-state index in [9.17, 15) is 0 Å². The van der Waals surface area contributed by atoms with Crippen LogP contribution in [0.15, 0.2) is 24.5 Å². The number of hydrogen-bond donors (Lipinski definition) is 1. The number of imidazole rings is 1. The Hall–Kier alpha value is -1.22. The molecule has 7 heteroatoms. The van der Waals surface area contributed by atoms with Gasteiger partial charge >= 0.3 is 0 Å². The number of fused-ring (bicyclic) bond motifs is 1. The van der Waals surface area contributed by atoms with Crippen LogP contribution in [0.2, 0.25) is 0 Å². The molecule has 0 radical (unpaired) electrons. The van der Waals surface area contributed by atoms with Crippen molar-refractivity contribution >= 4 is 45.8 Å². The monoisotopic (exact) mass is 385 g/mol. The second kappa shape index (κ2) is 5.04. The highest BCUT2D eigenvalue weighted by Crippen LogP contribution is 2.17. The summed E-state index contributed by atoms with van der Waals surface area (Å²) in [5.74, 6) is 0.837. The number of halogens is 1. The molecule has 0 aliphatic rings. The van der Waals surface area contributed by atoms with E-state index < -0.39 is 0 Å². The zero-order chi connectivity index (χ0) is 13.4. The minimum atomic E-state index is 0.743. The Kier molecular flexibility index (Phi) is 3.40. The van der Waals surface area contributed by atoms with Crippen molar-refractivity contribution in [3.05, 3.63) is 38.7 Å². The lowest BCUT2D eigenvalue weighted by molar-refractivity contribution is 0.666. The molecule has 0 aliphatic heterocycles. The molecule has 1 N–H and O–H groups in total. The fourth-order valence-corrected chi connectivity index (χ4v) is 2.86. The summed E-state index contributed by atoms with van der Waals surface area (Å²) in [4.78, 5) is 7.47. The van der Waals surface area contributed by atoms with Gasteiger partial charge in [0, 0.05) is 23.6 Å². The molecule has 0 unspecified atom stereocenters. The molecule has 5 nitrogen and oxygen atoms in total. The normalized spacial score (nSPS) is 11.3. The van der Waals surface area contributed by atoms with Crippen molar-refractivity contribution in [2.24, 2.45) is 7.05 Å². The molecule has 0 spiro atoms. The summed E-state index contributed by atoms with van der Waals surface area (Å²) in [7, 11) is 1.87. The highest BCUT2D eigenvalue weighted by atomic mass is 127. The van der Waals surface area contributed by atoms with E-state index in [1.54, 1.807) is 11.0 Å². The molecule has 2 heterocycles. The molecule has 0 atom stereocenters. The standard InChI is InChI=1S/C12H12IN5S/c1-17-7-14-11(16-17)4-5-18-10-3-2-8(13)6-9(10)15-12(18)19/h2-3,6-7H,4-5H2,1H3,(H,15,19). The van der Waals surface area contributed by atoms with E-state index in [0.717, 1.165) is 34.6 Å². The van der Waals surface area contributed by atoms with Crippen molar-refractivity contribution in [1.29, 1.82) is 0 Å². The van der Waals surface area contributed by atoms with Crippen LogP contribution in [-0.4, -0.2) is 24.3 Å². The van der Waals surface area contributed by atoms with Gasteiger partial charge in [0.05, 0.1) is 11.0 Å². The highest BCUT2D eigenvalue weighted by molar-refractivity contribution is 14.1. The number of benzene rings is 1. The van der Waals surface area contributed by atoms with E-state index in [0.29, 0.717) is 0 Å². The smallest absolute Gasteiger partial charge is 0.178 e. The first-order valence-electron chi connectivity index (χ1n) is 5.86. The lowest BCUT2D eigenvalue weighted by Gasteiger charge is -2.02. The third kappa shape index (κ3) is 2.57. The van der Waals surface area contributed by atoms with Crippen molar-refractivity contribution in [2.75, 3.05) is 0 Å². The van der Waals surface area contributed by atoms with E-state index in [-0.39, 0.29) is 0 Å². The van der Waals surface area contributed by atoms with Crippen molar-refractivity contribution in [1.82, 2.24) is 24.3 Å². The molecular formula is C12H12IN5S. The van der Waals surface area contributed by atoms with E-state index in [2.05, 4.69) is 60.4 Å². The Morgan fingerprint density at radius 1 is 1.42 bits per heavy atom. The van der Waals surface area contributed by atoms with Crippen molar-refractivity contribution < 1.29 is 0 Å². The third-order valence-electron chi connectivity index (χ3n) is 2.94. The van der Waals surface area contributed by atoms with Crippen LogP contribution in [0.5, 0.6) is 0 Å². The second-order valence-electron chi connectivity index (χ2n) is 4.33. The molecule has 0 saturated heterocycles. The summed E-state index contributed by atoms with van der Waals surface area (Å²) in [6, 6.07) is 6.28. The van der Waals surface area contributed by atoms with Gasteiger partial charge in [-0.2, -0.15) is 5.10 Å². The molecular weight excluding hydrogens is 373 g/mol. The summed E-state index contributed by atoms with van der Waals surface area (Å²) in [6.45, 7) is 0.781. The zero-order valence-electron chi connectivity index (χ0n) is 10.3. The first kappa shape index (κ1) is 12.8. The van der Waals surface area contributed by atoms with E-state index in [1.807, 2.05) is 7.05 Å². The van der Waals surface area contributed by atoms with Gasteiger partial charge in [0.2, 0.25) is 0 Å². The lowest BCUT2D eigenvalue weighted by atomic mass is 10.3. The van der Waals surface area contributed by atoms with Crippen LogP contribution < -0.4 is 0 Å². The molecule has 0 aliphatic carbocycles. The largest absolute Gasteiger partial charge is 0.331 e. The van der Waals surface area contributed by atoms with Gasteiger partial charge in [0.15, 0.2) is 10.6 Å². The Morgan fingerprint density at radius 3 is 3.00 bits per heavy atom. The summed E-state index contributed by atoms with van der Waals surface area (Å²) in [5, 5.41) is 4.28. The Bertz CT molecular complexity index is 785. The summed E-state index contributed by atoms with van der Waals surface area (Å²) < 4.78 is 5.75. The maximum atomic E-state index is 5.38. The predicted octanol–water partition coefficient (Wildman–Crippen LogP) is 2.67. The molecule has 3 aromatic rings. The number of aryl methyl sites for hydroxylation is 3. The number of nitrogens with zero attached hydrogens (tertiary/aromatic N) is 4. The Labute approximate surface area is 128 Å². The molecule has 2 aromatic heterocycles. The average molecular weight is 385 g/mol. The number of H-pyrrole nitrogens is 1. The Morgan fingerprint density at radius 2 is 2.26 bits per heavy atom. The summed E-state index contributed by atoms with van der Waals surface area (Å²) in [6.07, 6.45) is 2.49. The first-order chi connectivity index (χ1) is 9.13. The summed E-state index contributed by atoms with van der Waals surface area (Å²) in [5.41, 5.74) is 2.20. The highest BCUT2D eigenvalue weighted by Gasteiger charge is 2.06. The van der Waals surface area contributed by atoms with E-state index >= 15 is 0 Å². The van der Waals surface area contributed by atoms with Crippen LogP contribution in [0.4, 0.5) is 0 Å². The van der Waals surface area contributed by atoms with Crippen molar-refractivity contribution in [3.8, 4) is 0 Å². The number of aromatic amines is 1. The predicted molar refractivity (Wildman–Crippen MR) is 84.5 cm³/mol. The van der Waals surface area contributed by atoms with E-state index in [1.165, 1.54) is 3.57 Å². The number of nitrogens with one attached hydrogen (secondary N) is 1. The fraction of sp³-hybridized carbons (Fsp3) is 0.250. The quantitative estimate of drug-likeness (QED) is 0.557. The van der Waals surface area contributed by atoms with Gasteiger partial charge in [-0.1, -0.05) is 0 Å². The maximum absolute atomic E-state index is 5.38. The minimum Gasteiger partial charge on any atom is -0.331 e. The fourth-order valence-electron chi connectivity index (χ4n) is 2.07. The zero-order valence-corrected chi connectivity index (χ0v) is 13.3. The van der Waals surface area contributed by atoms with Gasteiger partial charge in [-0.05, 0) is 53.0 Å². The third-order valence-corrected chi connectivity index (χ3v) is 3.94. The molecule has 98 valence electrons. The lowest BCUT2D eigenvalue weighted by Crippen LogP contribution is -2.03. The molecule has 0 bridgehead atoms. The van der Waals surface area contributed by atoms with Crippen LogP contribution in [0.1, 0.15) is 5.82 Å². The molecule has 19 heavy (non-hydrogen) atoms. The van der Waals surface area contributed by atoms with Crippen LogP contribution >= 0.6 is 34.8 Å². The summed E-state index contributed by atoms with van der Waals surface area (Å²) >= 11 is 7.67. The molecule has 3 rings (SSSR count). The van der Waals surface area contributed by atoms with Crippen LogP contribution in [0, 0.1) is 8.34 Å². The number of aromatic nitrogens is 5. The van der Waals surface area contributed by atoms with E-state index in [4.69, 9.17) is 12.2 Å². The minimum absolute atomic E-state index is 0.743. The van der Waals surface area contributed by atoms with Crippen molar-refractivity contribution in [3.63, 3.8) is 0 Å². The van der Waals surface area contributed by atoms with Gasteiger partial charge in [0.1, 0.15) is 6.33 Å². The van der Waals surface area contributed by atoms with Crippen LogP contribution in [0.25, 0.3) is 11.0 Å².